The number of hydrogen-bond acceptors (Lipinski definition) is 7. The fourth-order valence-corrected chi connectivity index (χ4v) is 4.75. The van der Waals surface area contributed by atoms with Gasteiger partial charge in [-0.2, -0.15) is 4.98 Å². The molecule has 0 aliphatic carbocycles. The van der Waals surface area contributed by atoms with Gasteiger partial charge in [0.05, 0.1) is 13.8 Å². The van der Waals surface area contributed by atoms with E-state index in [9.17, 15) is 9.90 Å². The van der Waals surface area contributed by atoms with Crippen LogP contribution in [0.5, 0.6) is 0 Å². The predicted octanol–water partition coefficient (Wildman–Crippen LogP) is 0.781. The molecule has 1 aliphatic rings. The average Bonchev–Trinajstić information content (AvgIpc) is 2.88. The lowest BCUT2D eigenvalue weighted by atomic mass is 10.2. The largest absolute Gasteiger partial charge is 0.394 e. The first kappa shape index (κ1) is 19.1. The van der Waals surface area contributed by atoms with Crippen LogP contribution < -0.4 is 17.3 Å². The summed E-state index contributed by atoms with van der Waals surface area (Å²) in [4.78, 5) is 20.8. The number of nitrogens with two attached hydrogens (primary N) is 2. The third-order valence-electron chi connectivity index (χ3n) is 5.43. The van der Waals surface area contributed by atoms with Crippen molar-refractivity contribution in [1.82, 2.24) is 9.55 Å². The number of aliphatic hydroxyl groups is 1. The van der Waals surface area contributed by atoms with Crippen molar-refractivity contribution in [3.05, 3.63) is 22.7 Å². The minimum Gasteiger partial charge on any atom is -0.394 e. The van der Waals surface area contributed by atoms with Crippen LogP contribution in [-0.2, 0) is 9.57 Å². The van der Waals surface area contributed by atoms with Gasteiger partial charge in [-0.25, -0.2) is 10.7 Å². The highest BCUT2D eigenvalue weighted by molar-refractivity contribution is 6.81. The van der Waals surface area contributed by atoms with E-state index >= 15 is 0 Å². The van der Waals surface area contributed by atoms with Crippen molar-refractivity contribution in [2.24, 2.45) is 5.90 Å². The van der Waals surface area contributed by atoms with Crippen LogP contribution in [0.4, 0.5) is 5.82 Å². The average molecular weight is 356 g/mol. The molecule has 0 bridgehead atoms. The molecule has 2 rings (SSSR count). The lowest BCUT2D eigenvalue weighted by Gasteiger charge is -2.43. The van der Waals surface area contributed by atoms with Crippen molar-refractivity contribution in [2.45, 2.75) is 69.5 Å². The van der Waals surface area contributed by atoms with Gasteiger partial charge in [0.1, 0.15) is 24.3 Å². The van der Waals surface area contributed by atoms with E-state index in [0.29, 0.717) is 6.42 Å². The van der Waals surface area contributed by atoms with Gasteiger partial charge in [0.25, 0.3) is 0 Å². The van der Waals surface area contributed by atoms with Crippen LogP contribution >= 0.6 is 0 Å². The number of ether oxygens (including phenoxy) is 1. The molecule has 2 heterocycles. The Morgan fingerprint density at radius 3 is 2.62 bits per heavy atom. The number of nitrogen functional groups attached to an aromatic ring is 1. The molecule has 0 aromatic carbocycles. The Kier molecular flexibility index (Phi) is 5.21. The Labute approximate surface area is 142 Å². The normalized spacial score (nSPS) is 26.5. The van der Waals surface area contributed by atoms with E-state index in [-0.39, 0.29) is 10.9 Å². The molecule has 8 nitrogen and oxygen atoms in total. The summed E-state index contributed by atoms with van der Waals surface area (Å²) in [5.74, 6) is 5.57. The second-order valence-electron chi connectivity index (χ2n) is 7.92. The molecule has 1 unspecified atom stereocenters. The summed E-state index contributed by atoms with van der Waals surface area (Å²) in [6, 6.07) is 1.53. The number of aliphatic hydroxyl groups excluding tert-OH is 1. The van der Waals surface area contributed by atoms with Crippen LogP contribution in [0.25, 0.3) is 0 Å². The molecule has 1 fully saturated rings. The van der Waals surface area contributed by atoms with Gasteiger partial charge in [-0.15, -0.1) is 0 Å². The van der Waals surface area contributed by atoms with E-state index in [1.165, 1.54) is 16.8 Å². The Balaban J connectivity index is 2.28. The van der Waals surface area contributed by atoms with Gasteiger partial charge < -0.3 is 15.6 Å². The maximum atomic E-state index is 12.0. The lowest BCUT2D eigenvalue weighted by molar-refractivity contribution is -0.0784. The van der Waals surface area contributed by atoms with Crippen LogP contribution in [0, 0.1) is 0 Å². The van der Waals surface area contributed by atoms with E-state index < -0.39 is 37.9 Å². The standard InChI is InChI=1S/C15H28N4O4Si/c1-15(2,3)24(4,5)13(20)12-9(23-17)8-11(22-12)19-7-6-10(16)18-14(19)21/h6-7,9,11-13,20H,8,17H2,1-5H3,(H2,16,18,21)/t9-,11+,12-,13?/m0/s1. The van der Waals surface area contributed by atoms with Gasteiger partial charge in [0.15, 0.2) is 0 Å². The van der Waals surface area contributed by atoms with Crippen LogP contribution in [0.3, 0.4) is 0 Å². The van der Waals surface area contributed by atoms with Crippen molar-refractivity contribution < 1.29 is 14.7 Å². The zero-order valence-electron chi connectivity index (χ0n) is 14.9. The van der Waals surface area contributed by atoms with Gasteiger partial charge in [0.2, 0.25) is 0 Å². The lowest BCUT2D eigenvalue weighted by Crippen LogP contribution is -2.57. The first-order valence-electron chi connectivity index (χ1n) is 8.02. The molecule has 1 saturated heterocycles. The van der Waals surface area contributed by atoms with Crippen molar-refractivity contribution in [1.29, 1.82) is 0 Å². The van der Waals surface area contributed by atoms with Gasteiger partial charge in [-0.1, -0.05) is 33.9 Å². The predicted molar refractivity (Wildman–Crippen MR) is 93.7 cm³/mol. The molecule has 1 aromatic heterocycles. The SMILES string of the molecule is CC(C)(C)[Si](C)(C)C(O)[C@H]1O[C@@H](n2ccc(N)nc2=O)C[C@@H]1ON. The molecular formula is C15H28N4O4Si. The fourth-order valence-electron chi connectivity index (χ4n) is 2.75. The maximum absolute atomic E-state index is 12.0. The second-order valence-corrected chi connectivity index (χ2v) is 13.5. The summed E-state index contributed by atoms with van der Waals surface area (Å²) in [7, 11) is -2.11. The third-order valence-corrected chi connectivity index (χ3v) is 11.1. The summed E-state index contributed by atoms with van der Waals surface area (Å²) in [5, 5.41) is 10.9. The first-order chi connectivity index (χ1) is 11.0. The molecule has 9 heteroatoms. The van der Waals surface area contributed by atoms with Crippen molar-refractivity contribution in [3.8, 4) is 0 Å². The van der Waals surface area contributed by atoms with E-state index in [4.69, 9.17) is 21.2 Å². The highest BCUT2D eigenvalue weighted by atomic mass is 28.3. The van der Waals surface area contributed by atoms with E-state index in [1.54, 1.807) is 0 Å². The van der Waals surface area contributed by atoms with E-state index in [2.05, 4.69) is 38.8 Å². The molecule has 0 spiro atoms. The van der Waals surface area contributed by atoms with Crippen molar-refractivity contribution >= 4 is 13.9 Å². The second kappa shape index (κ2) is 6.56. The van der Waals surface area contributed by atoms with Crippen molar-refractivity contribution in [2.75, 3.05) is 5.73 Å². The van der Waals surface area contributed by atoms with Crippen LogP contribution in [-0.4, -0.2) is 40.7 Å². The molecule has 4 atom stereocenters. The van der Waals surface area contributed by atoms with Crippen LogP contribution in [0.15, 0.2) is 17.1 Å². The molecule has 5 N–H and O–H groups in total. The number of anilines is 1. The van der Waals surface area contributed by atoms with Crippen LogP contribution in [0.1, 0.15) is 33.4 Å². The van der Waals surface area contributed by atoms with Gasteiger partial charge in [-0.05, 0) is 11.1 Å². The number of rotatable bonds is 4. The Morgan fingerprint density at radius 2 is 2.12 bits per heavy atom. The zero-order valence-corrected chi connectivity index (χ0v) is 15.9. The summed E-state index contributed by atoms with van der Waals surface area (Å²) < 4.78 is 7.32. The minimum atomic E-state index is -2.11. The van der Waals surface area contributed by atoms with Crippen LogP contribution in [0.2, 0.25) is 18.1 Å². The zero-order chi connectivity index (χ0) is 18.3. The molecule has 0 amide bonds. The topological polar surface area (TPSA) is 126 Å². The molecule has 0 radical (unpaired) electrons. The number of hydrogen-bond donors (Lipinski definition) is 3. The first-order valence-corrected chi connectivity index (χ1v) is 11.1. The highest BCUT2D eigenvalue weighted by Gasteiger charge is 2.51. The summed E-state index contributed by atoms with van der Waals surface area (Å²) >= 11 is 0. The molecular weight excluding hydrogens is 328 g/mol. The van der Waals surface area contributed by atoms with Gasteiger partial charge in [-0.3, -0.25) is 9.40 Å². The quantitative estimate of drug-likeness (QED) is 0.537. The highest BCUT2D eigenvalue weighted by Crippen LogP contribution is 2.42. The monoisotopic (exact) mass is 356 g/mol. The molecule has 1 aliphatic heterocycles. The van der Waals surface area contributed by atoms with Gasteiger partial charge in [0, 0.05) is 12.6 Å². The summed E-state index contributed by atoms with van der Waals surface area (Å²) in [5.41, 5.74) is 4.33. The number of nitrogens with zero attached hydrogens (tertiary/aromatic N) is 2. The number of aromatic nitrogens is 2. The maximum Gasteiger partial charge on any atom is 0.351 e. The Morgan fingerprint density at radius 1 is 1.50 bits per heavy atom. The molecule has 24 heavy (non-hydrogen) atoms. The molecule has 136 valence electrons. The summed E-state index contributed by atoms with van der Waals surface area (Å²) in [6.45, 7) is 10.6. The van der Waals surface area contributed by atoms with Crippen molar-refractivity contribution in [3.63, 3.8) is 0 Å². The smallest absolute Gasteiger partial charge is 0.351 e. The molecule has 0 saturated carbocycles. The Hall–Kier alpha value is -1.26. The minimum absolute atomic E-state index is 0.0351. The van der Waals surface area contributed by atoms with Gasteiger partial charge >= 0.3 is 5.69 Å². The third kappa shape index (κ3) is 3.40. The Bertz CT molecular complexity index is 643. The van der Waals surface area contributed by atoms with E-state index in [0.717, 1.165) is 0 Å². The van der Waals surface area contributed by atoms with E-state index in [1.807, 2.05) is 0 Å². The molecule has 1 aromatic rings. The summed E-state index contributed by atoms with van der Waals surface area (Å²) in [6.07, 6.45) is 0.208. The fraction of sp³-hybridized carbons (Fsp3) is 0.733.